The highest BCUT2D eigenvalue weighted by atomic mass is 16.5. The summed E-state index contributed by atoms with van der Waals surface area (Å²) < 4.78 is 5.22. The molecule has 2 saturated carbocycles. The Morgan fingerprint density at radius 1 is 1.11 bits per heavy atom. The maximum atomic E-state index is 9.71. The van der Waals surface area contributed by atoms with E-state index in [0.717, 1.165) is 23.5 Å². The van der Waals surface area contributed by atoms with Gasteiger partial charge in [0, 0.05) is 0 Å². The second-order valence-corrected chi connectivity index (χ2v) is 6.21. The van der Waals surface area contributed by atoms with Gasteiger partial charge in [-0.1, -0.05) is 12.1 Å². The van der Waals surface area contributed by atoms with Gasteiger partial charge in [-0.2, -0.15) is 0 Å². The van der Waals surface area contributed by atoms with Crippen molar-refractivity contribution in [2.24, 2.45) is 23.7 Å². The molecular weight excluding hydrogens is 236 g/mol. The molecular formula is C17H20O2. The van der Waals surface area contributed by atoms with E-state index in [1.54, 1.807) is 7.11 Å². The predicted octanol–water partition coefficient (Wildman–Crippen LogP) is 3.12. The molecule has 100 valence electrons. The van der Waals surface area contributed by atoms with Crippen molar-refractivity contribution >= 4 is 5.57 Å². The van der Waals surface area contributed by atoms with Crippen LogP contribution in [-0.2, 0) is 0 Å². The summed E-state index contributed by atoms with van der Waals surface area (Å²) in [5, 5.41) is 9.71. The van der Waals surface area contributed by atoms with E-state index in [4.69, 9.17) is 4.74 Å². The summed E-state index contributed by atoms with van der Waals surface area (Å²) in [6.07, 6.45) is 4.16. The van der Waals surface area contributed by atoms with Crippen LogP contribution in [0, 0.1) is 23.7 Å². The summed E-state index contributed by atoms with van der Waals surface area (Å²) in [5.41, 5.74) is 4.06. The van der Waals surface area contributed by atoms with Gasteiger partial charge >= 0.3 is 0 Å². The van der Waals surface area contributed by atoms with Crippen LogP contribution in [0.5, 0.6) is 5.75 Å². The molecule has 2 heteroatoms. The van der Waals surface area contributed by atoms with Crippen molar-refractivity contribution in [2.45, 2.75) is 19.3 Å². The average Bonchev–Trinajstić information content (AvgIpc) is 2.98. The Hall–Kier alpha value is -1.28. The second-order valence-electron chi connectivity index (χ2n) is 6.21. The Morgan fingerprint density at radius 3 is 2.42 bits per heavy atom. The second kappa shape index (κ2) is 4.11. The quantitative estimate of drug-likeness (QED) is 0.900. The number of methoxy groups -OCH3 is 1. The zero-order chi connectivity index (χ0) is 13.0. The Bertz CT molecular complexity index is 529. The number of aliphatic hydroxyl groups is 1. The lowest BCUT2D eigenvalue weighted by atomic mass is 9.60. The van der Waals surface area contributed by atoms with Crippen LogP contribution < -0.4 is 4.74 Å². The molecule has 3 aliphatic carbocycles. The molecule has 19 heavy (non-hydrogen) atoms. The third kappa shape index (κ3) is 1.47. The molecule has 4 atom stereocenters. The summed E-state index contributed by atoms with van der Waals surface area (Å²) in [6, 6.07) is 8.34. The summed E-state index contributed by atoms with van der Waals surface area (Å²) in [4.78, 5) is 0. The summed E-state index contributed by atoms with van der Waals surface area (Å²) >= 11 is 0. The molecule has 2 bridgehead atoms. The number of allylic oxidation sites excluding steroid dienone is 1. The van der Waals surface area contributed by atoms with Gasteiger partial charge in [0.15, 0.2) is 0 Å². The Kier molecular flexibility index (Phi) is 2.49. The van der Waals surface area contributed by atoms with Gasteiger partial charge in [-0.15, -0.1) is 0 Å². The van der Waals surface area contributed by atoms with Gasteiger partial charge in [-0.3, -0.25) is 0 Å². The summed E-state index contributed by atoms with van der Waals surface area (Å²) in [7, 11) is 1.70. The molecule has 1 N–H and O–H groups in total. The molecule has 4 unspecified atom stereocenters. The molecule has 3 aliphatic rings. The van der Waals surface area contributed by atoms with Gasteiger partial charge in [0.05, 0.1) is 13.7 Å². The number of aliphatic hydroxyl groups excluding tert-OH is 1. The summed E-state index contributed by atoms with van der Waals surface area (Å²) in [5.74, 6) is 4.07. The lowest BCUT2D eigenvalue weighted by Gasteiger charge is -2.45. The number of ether oxygens (including phenoxy) is 1. The molecule has 1 aromatic carbocycles. The summed E-state index contributed by atoms with van der Waals surface area (Å²) in [6.45, 7) is 0.242. The van der Waals surface area contributed by atoms with Crippen molar-refractivity contribution in [1.82, 2.24) is 0 Å². The lowest BCUT2D eigenvalue weighted by Crippen LogP contribution is -2.36. The Labute approximate surface area is 114 Å². The molecule has 0 aromatic heterocycles. The first-order chi connectivity index (χ1) is 9.33. The SMILES string of the molecule is COc1ccc(C2=C(CO)C3C4CCC(C4)C23)cc1. The molecule has 0 heterocycles. The minimum Gasteiger partial charge on any atom is -0.497 e. The third-order valence-corrected chi connectivity index (χ3v) is 5.57. The van der Waals surface area contributed by atoms with Crippen LogP contribution in [0.25, 0.3) is 5.57 Å². The van der Waals surface area contributed by atoms with Gasteiger partial charge in [0.1, 0.15) is 5.75 Å². The van der Waals surface area contributed by atoms with Crippen molar-refractivity contribution in [1.29, 1.82) is 0 Å². The van der Waals surface area contributed by atoms with Crippen LogP contribution in [0.3, 0.4) is 0 Å². The van der Waals surface area contributed by atoms with Gasteiger partial charge in [0.2, 0.25) is 0 Å². The molecule has 0 amide bonds. The first-order valence-electron chi connectivity index (χ1n) is 7.31. The van der Waals surface area contributed by atoms with Crippen LogP contribution >= 0.6 is 0 Å². The van der Waals surface area contributed by atoms with E-state index < -0.39 is 0 Å². The van der Waals surface area contributed by atoms with Crippen molar-refractivity contribution in [3.8, 4) is 5.75 Å². The molecule has 1 aromatic rings. The van der Waals surface area contributed by atoms with E-state index in [1.165, 1.54) is 36.0 Å². The van der Waals surface area contributed by atoms with Crippen LogP contribution in [0.15, 0.2) is 29.8 Å². The highest BCUT2D eigenvalue weighted by Gasteiger charge is 2.56. The van der Waals surface area contributed by atoms with Crippen molar-refractivity contribution in [3.05, 3.63) is 35.4 Å². The lowest BCUT2D eigenvalue weighted by molar-refractivity contribution is 0.229. The zero-order valence-electron chi connectivity index (χ0n) is 11.3. The van der Waals surface area contributed by atoms with Crippen LogP contribution in [0.1, 0.15) is 24.8 Å². The van der Waals surface area contributed by atoms with Gasteiger partial charge in [0.25, 0.3) is 0 Å². The first kappa shape index (κ1) is 11.5. The number of rotatable bonds is 3. The highest BCUT2D eigenvalue weighted by Crippen LogP contribution is 2.65. The number of benzene rings is 1. The molecule has 0 aliphatic heterocycles. The fraction of sp³-hybridized carbons (Fsp3) is 0.529. The van der Waals surface area contributed by atoms with E-state index in [2.05, 4.69) is 12.1 Å². The zero-order valence-corrected chi connectivity index (χ0v) is 11.3. The number of fused-ring (bicyclic) bond motifs is 5. The van der Waals surface area contributed by atoms with Crippen LogP contribution in [-0.4, -0.2) is 18.8 Å². The highest BCUT2D eigenvalue weighted by molar-refractivity contribution is 5.79. The van der Waals surface area contributed by atoms with E-state index in [-0.39, 0.29) is 6.61 Å². The van der Waals surface area contributed by atoms with E-state index in [1.807, 2.05) is 12.1 Å². The molecule has 2 fully saturated rings. The first-order valence-corrected chi connectivity index (χ1v) is 7.31. The molecule has 2 nitrogen and oxygen atoms in total. The predicted molar refractivity (Wildman–Crippen MR) is 74.8 cm³/mol. The maximum Gasteiger partial charge on any atom is 0.118 e. The van der Waals surface area contributed by atoms with Crippen LogP contribution in [0.2, 0.25) is 0 Å². The van der Waals surface area contributed by atoms with Crippen molar-refractivity contribution in [3.63, 3.8) is 0 Å². The topological polar surface area (TPSA) is 29.5 Å². The minimum absolute atomic E-state index is 0.242. The van der Waals surface area contributed by atoms with Crippen molar-refractivity contribution < 1.29 is 9.84 Å². The molecule has 0 spiro atoms. The Balaban J connectivity index is 1.72. The van der Waals surface area contributed by atoms with E-state index in [9.17, 15) is 5.11 Å². The fourth-order valence-electron chi connectivity index (χ4n) is 4.84. The van der Waals surface area contributed by atoms with E-state index >= 15 is 0 Å². The number of hydrogen-bond donors (Lipinski definition) is 1. The molecule has 0 saturated heterocycles. The number of hydrogen-bond acceptors (Lipinski definition) is 2. The standard InChI is InChI=1S/C17H20O2/c1-19-13-6-4-10(5-7-13)15-14(9-18)16-11-2-3-12(8-11)17(15)16/h4-7,11-12,16-18H,2-3,8-9H2,1H3. The average molecular weight is 256 g/mol. The van der Waals surface area contributed by atoms with Gasteiger partial charge in [-0.05, 0) is 71.8 Å². The van der Waals surface area contributed by atoms with E-state index in [0.29, 0.717) is 5.92 Å². The molecule has 4 rings (SSSR count). The maximum absolute atomic E-state index is 9.71. The van der Waals surface area contributed by atoms with Gasteiger partial charge < -0.3 is 9.84 Å². The monoisotopic (exact) mass is 256 g/mol. The van der Waals surface area contributed by atoms with Crippen molar-refractivity contribution in [2.75, 3.05) is 13.7 Å². The minimum atomic E-state index is 0.242. The largest absolute Gasteiger partial charge is 0.497 e. The van der Waals surface area contributed by atoms with Crippen LogP contribution in [0.4, 0.5) is 0 Å². The molecule has 0 radical (unpaired) electrons. The third-order valence-electron chi connectivity index (χ3n) is 5.57. The Morgan fingerprint density at radius 2 is 1.79 bits per heavy atom. The smallest absolute Gasteiger partial charge is 0.118 e. The fourth-order valence-corrected chi connectivity index (χ4v) is 4.84. The normalized spacial score (nSPS) is 35.3. The van der Waals surface area contributed by atoms with Gasteiger partial charge in [-0.25, -0.2) is 0 Å².